The zero-order valence-corrected chi connectivity index (χ0v) is 13.1. The van der Waals surface area contributed by atoms with Gasteiger partial charge >= 0.3 is 0 Å². The van der Waals surface area contributed by atoms with Gasteiger partial charge in [-0.3, -0.25) is 11.3 Å². The van der Waals surface area contributed by atoms with Crippen LogP contribution in [0.5, 0.6) is 0 Å². The Morgan fingerprint density at radius 2 is 1.70 bits per heavy atom. The lowest BCUT2D eigenvalue weighted by Gasteiger charge is -2.16. The van der Waals surface area contributed by atoms with Gasteiger partial charge in [0.1, 0.15) is 5.82 Å². The monoisotopic (exact) mass is 356 g/mol. The minimum Gasteiger partial charge on any atom is -0.271 e. The molecule has 0 bridgehead atoms. The number of halogens is 3. The van der Waals surface area contributed by atoms with E-state index < -0.39 is 5.82 Å². The predicted molar refractivity (Wildman–Crippen MR) is 84.1 cm³/mol. The highest BCUT2D eigenvalue weighted by Gasteiger charge is 2.10. The van der Waals surface area contributed by atoms with Crippen LogP contribution in [0.2, 0.25) is 5.02 Å². The molecule has 0 aromatic heterocycles. The van der Waals surface area contributed by atoms with Crippen LogP contribution in [0.25, 0.3) is 0 Å². The van der Waals surface area contributed by atoms with E-state index in [0.717, 1.165) is 16.5 Å². The van der Waals surface area contributed by atoms with Crippen molar-refractivity contribution in [1.82, 2.24) is 5.43 Å². The first-order valence-corrected chi connectivity index (χ1v) is 7.40. The molecule has 2 aromatic carbocycles. The van der Waals surface area contributed by atoms with E-state index in [1.807, 2.05) is 30.3 Å². The Kier molecular flexibility index (Phi) is 5.54. The molecule has 5 heteroatoms. The maximum atomic E-state index is 13.4. The molecule has 0 aliphatic carbocycles. The summed E-state index contributed by atoms with van der Waals surface area (Å²) >= 11 is 9.08. The number of nitrogens with two attached hydrogens (primary N) is 1. The highest BCUT2D eigenvalue weighted by Crippen LogP contribution is 2.18. The van der Waals surface area contributed by atoms with Crippen molar-refractivity contribution in [3.8, 4) is 0 Å². The molecule has 0 spiro atoms. The molecule has 3 N–H and O–H groups in total. The van der Waals surface area contributed by atoms with E-state index >= 15 is 0 Å². The average molecular weight is 358 g/mol. The number of benzene rings is 2. The highest BCUT2D eigenvalue weighted by atomic mass is 79.9. The quantitative estimate of drug-likeness (QED) is 0.630. The van der Waals surface area contributed by atoms with Crippen molar-refractivity contribution in [2.75, 3.05) is 0 Å². The minimum atomic E-state index is -0.399. The first kappa shape index (κ1) is 15.4. The van der Waals surface area contributed by atoms with Crippen LogP contribution >= 0.6 is 27.5 Å². The van der Waals surface area contributed by atoms with Crippen molar-refractivity contribution in [2.24, 2.45) is 5.84 Å². The summed E-state index contributed by atoms with van der Waals surface area (Å²) in [7, 11) is 0. The van der Waals surface area contributed by atoms with Crippen LogP contribution < -0.4 is 11.3 Å². The SMILES string of the molecule is NNC(Cc1ccc(Br)cc1)Cc1ccc(Cl)c(F)c1. The molecule has 2 nitrogen and oxygen atoms in total. The van der Waals surface area contributed by atoms with Crippen molar-refractivity contribution >= 4 is 27.5 Å². The number of hydrogen-bond acceptors (Lipinski definition) is 2. The average Bonchev–Trinajstić information content (AvgIpc) is 2.44. The van der Waals surface area contributed by atoms with Gasteiger partial charge in [0.25, 0.3) is 0 Å². The van der Waals surface area contributed by atoms with Gasteiger partial charge in [-0.1, -0.05) is 45.7 Å². The molecule has 0 heterocycles. The zero-order valence-electron chi connectivity index (χ0n) is 10.7. The van der Waals surface area contributed by atoms with Gasteiger partial charge in [-0.05, 0) is 48.2 Å². The Morgan fingerprint density at radius 3 is 2.30 bits per heavy atom. The third-order valence-electron chi connectivity index (χ3n) is 3.10. The van der Waals surface area contributed by atoms with Crippen molar-refractivity contribution in [3.63, 3.8) is 0 Å². The standard InChI is InChI=1S/C15H15BrClFN2/c16-12-4-1-10(2-5-12)7-13(20-19)8-11-3-6-14(17)15(18)9-11/h1-6,9,13,20H,7-8,19H2. The summed E-state index contributed by atoms with van der Waals surface area (Å²) in [5, 5.41) is 0.138. The fourth-order valence-electron chi connectivity index (χ4n) is 2.05. The summed E-state index contributed by atoms with van der Waals surface area (Å²) in [5.41, 5.74) is 4.82. The van der Waals surface area contributed by atoms with Crippen LogP contribution in [0.1, 0.15) is 11.1 Å². The van der Waals surface area contributed by atoms with Crippen molar-refractivity contribution < 1.29 is 4.39 Å². The topological polar surface area (TPSA) is 38.0 Å². The molecule has 0 saturated carbocycles. The van der Waals surface area contributed by atoms with Crippen molar-refractivity contribution in [2.45, 2.75) is 18.9 Å². The van der Waals surface area contributed by atoms with Gasteiger partial charge in [-0.2, -0.15) is 0 Å². The molecule has 0 radical (unpaired) electrons. The lowest BCUT2D eigenvalue weighted by molar-refractivity contribution is 0.520. The molecule has 0 amide bonds. The lowest BCUT2D eigenvalue weighted by Crippen LogP contribution is -2.38. The summed E-state index contributed by atoms with van der Waals surface area (Å²) in [4.78, 5) is 0. The normalized spacial score (nSPS) is 12.4. The van der Waals surface area contributed by atoms with E-state index in [9.17, 15) is 4.39 Å². The summed E-state index contributed by atoms with van der Waals surface area (Å²) in [6.45, 7) is 0. The molecule has 1 unspecified atom stereocenters. The lowest BCUT2D eigenvalue weighted by atomic mass is 9.99. The van der Waals surface area contributed by atoms with Crippen molar-refractivity contribution in [1.29, 1.82) is 0 Å². The van der Waals surface area contributed by atoms with E-state index in [0.29, 0.717) is 6.42 Å². The van der Waals surface area contributed by atoms with Crippen LogP contribution in [0.3, 0.4) is 0 Å². The van der Waals surface area contributed by atoms with E-state index in [1.165, 1.54) is 11.6 Å². The summed E-state index contributed by atoms with van der Waals surface area (Å²) in [6, 6.07) is 12.9. The Morgan fingerprint density at radius 1 is 1.10 bits per heavy atom. The van der Waals surface area contributed by atoms with E-state index in [4.69, 9.17) is 17.4 Å². The third-order valence-corrected chi connectivity index (χ3v) is 3.93. The van der Waals surface area contributed by atoms with Gasteiger partial charge in [-0.15, -0.1) is 0 Å². The molecular weight excluding hydrogens is 343 g/mol. The van der Waals surface area contributed by atoms with Gasteiger partial charge in [0.05, 0.1) is 5.02 Å². The maximum Gasteiger partial charge on any atom is 0.142 e. The van der Waals surface area contributed by atoms with Gasteiger partial charge in [0.2, 0.25) is 0 Å². The second kappa shape index (κ2) is 7.18. The van der Waals surface area contributed by atoms with Crippen LogP contribution in [0.4, 0.5) is 4.39 Å². The molecule has 106 valence electrons. The summed E-state index contributed by atoms with van der Waals surface area (Å²) < 4.78 is 14.5. The zero-order chi connectivity index (χ0) is 14.5. The van der Waals surface area contributed by atoms with E-state index in [1.54, 1.807) is 6.07 Å². The smallest absolute Gasteiger partial charge is 0.142 e. The number of rotatable bonds is 5. The third kappa shape index (κ3) is 4.28. The van der Waals surface area contributed by atoms with E-state index in [2.05, 4.69) is 21.4 Å². The number of hydrazine groups is 1. The van der Waals surface area contributed by atoms with Gasteiger partial charge in [-0.25, -0.2) is 4.39 Å². The number of nitrogens with one attached hydrogen (secondary N) is 1. The Labute approximate surface area is 131 Å². The molecule has 20 heavy (non-hydrogen) atoms. The second-order valence-electron chi connectivity index (χ2n) is 4.65. The van der Waals surface area contributed by atoms with E-state index in [-0.39, 0.29) is 11.1 Å². The van der Waals surface area contributed by atoms with Gasteiger partial charge < -0.3 is 0 Å². The second-order valence-corrected chi connectivity index (χ2v) is 5.97. The first-order valence-electron chi connectivity index (χ1n) is 6.23. The van der Waals surface area contributed by atoms with Crippen LogP contribution in [-0.4, -0.2) is 6.04 Å². The Hall–Kier alpha value is -0.940. The Bertz CT molecular complexity index is 575. The minimum absolute atomic E-state index is 0.0387. The number of hydrogen-bond donors (Lipinski definition) is 2. The summed E-state index contributed by atoms with van der Waals surface area (Å²) in [6.07, 6.45) is 1.41. The fraction of sp³-hybridized carbons (Fsp3) is 0.200. The van der Waals surface area contributed by atoms with Crippen LogP contribution in [-0.2, 0) is 12.8 Å². The maximum absolute atomic E-state index is 13.4. The fourth-order valence-corrected chi connectivity index (χ4v) is 2.43. The molecule has 0 saturated heterocycles. The summed E-state index contributed by atoms with van der Waals surface area (Å²) in [5.74, 6) is 5.19. The molecule has 2 rings (SSSR count). The largest absolute Gasteiger partial charge is 0.271 e. The molecule has 2 aromatic rings. The van der Waals surface area contributed by atoms with Gasteiger partial charge in [0.15, 0.2) is 0 Å². The Balaban J connectivity index is 2.04. The molecule has 0 fully saturated rings. The first-order chi connectivity index (χ1) is 9.58. The van der Waals surface area contributed by atoms with Crippen LogP contribution in [0, 0.1) is 5.82 Å². The molecule has 1 atom stereocenters. The highest BCUT2D eigenvalue weighted by molar-refractivity contribution is 9.10. The molecular formula is C15H15BrClFN2. The molecule has 0 aliphatic heterocycles. The van der Waals surface area contributed by atoms with Gasteiger partial charge in [0, 0.05) is 10.5 Å². The van der Waals surface area contributed by atoms with Crippen LogP contribution in [0.15, 0.2) is 46.9 Å². The predicted octanol–water partition coefficient (Wildman–Crippen LogP) is 3.86. The van der Waals surface area contributed by atoms with Crippen molar-refractivity contribution in [3.05, 3.63) is 68.9 Å². The molecule has 0 aliphatic rings.